The summed E-state index contributed by atoms with van der Waals surface area (Å²) in [7, 11) is 0. The first-order chi connectivity index (χ1) is 11.7. The molecule has 3 fully saturated rings. The number of carbonyl (C=O) groups excluding carboxylic acids is 1. The average Bonchev–Trinajstić information content (AvgIpc) is 3.01. The lowest BCUT2D eigenvalue weighted by molar-refractivity contribution is -0.236. The van der Waals surface area contributed by atoms with Crippen LogP contribution in [0.4, 0.5) is 0 Å². The van der Waals surface area contributed by atoms with Gasteiger partial charge in [0.05, 0.1) is 0 Å². The zero-order valence-electron chi connectivity index (χ0n) is 14.6. The molecule has 0 aliphatic carbocycles. The highest BCUT2D eigenvalue weighted by atomic mass is 16.9. The number of hydrogen-bond acceptors (Lipinski definition) is 7. The third-order valence-corrected chi connectivity index (χ3v) is 4.35. The van der Waals surface area contributed by atoms with Crippen LogP contribution in [-0.4, -0.2) is 48.2 Å². The van der Waals surface area contributed by atoms with Crippen LogP contribution in [0.1, 0.15) is 27.7 Å². The highest BCUT2D eigenvalue weighted by molar-refractivity contribution is 5.78. The maximum absolute atomic E-state index is 12.7. The van der Waals surface area contributed by atoms with E-state index in [4.69, 9.17) is 28.4 Å². The predicted octanol–water partition coefficient (Wildman–Crippen LogP) is 1.99. The second-order valence-corrected chi connectivity index (χ2v) is 7.32. The molecule has 25 heavy (non-hydrogen) atoms. The van der Waals surface area contributed by atoms with E-state index in [0.717, 1.165) is 0 Å². The van der Waals surface area contributed by atoms with Gasteiger partial charge < -0.3 is 28.4 Å². The summed E-state index contributed by atoms with van der Waals surface area (Å²) >= 11 is 0. The number of para-hydroxylation sites is 1. The molecular formula is C18H22O7. The molecule has 7 nitrogen and oxygen atoms in total. The van der Waals surface area contributed by atoms with E-state index in [1.807, 2.05) is 6.07 Å². The van der Waals surface area contributed by atoms with E-state index < -0.39 is 48.2 Å². The fourth-order valence-electron chi connectivity index (χ4n) is 3.46. The highest BCUT2D eigenvalue weighted by Crippen LogP contribution is 2.44. The van der Waals surface area contributed by atoms with E-state index in [-0.39, 0.29) is 0 Å². The summed E-state index contributed by atoms with van der Waals surface area (Å²) in [5, 5.41) is 0. The molecule has 7 heteroatoms. The van der Waals surface area contributed by atoms with Crippen molar-refractivity contribution < 1.29 is 33.2 Å². The van der Waals surface area contributed by atoms with Gasteiger partial charge in [-0.25, -0.2) is 4.79 Å². The van der Waals surface area contributed by atoms with Gasteiger partial charge in [0.1, 0.15) is 24.1 Å². The summed E-state index contributed by atoms with van der Waals surface area (Å²) in [5.74, 6) is -1.78. The van der Waals surface area contributed by atoms with Crippen molar-refractivity contribution in [1.29, 1.82) is 0 Å². The molecule has 0 N–H and O–H groups in total. The topological polar surface area (TPSA) is 72.5 Å². The van der Waals surface area contributed by atoms with Crippen molar-refractivity contribution in [3.05, 3.63) is 30.3 Å². The van der Waals surface area contributed by atoms with Crippen molar-refractivity contribution >= 4 is 5.97 Å². The molecule has 0 saturated carbocycles. The molecule has 136 valence electrons. The van der Waals surface area contributed by atoms with Gasteiger partial charge in [0.25, 0.3) is 0 Å². The second kappa shape index (κ2) is 5.75. The molecule has 4 rings (SSSR count). The van der Waals surface area contributed by atoms with Crippen molar-refractivity contribution in [2.45, 2.75) is 70.0 Å². The molecule has 1 aromatic carbocycles. The van der Waals surface area contributed by atoms with E-state index in [1.54, 1.807) is 52.0 Å². The van der Waals surface area contributed by atoms with Gasteiger partial charge in [0.2, 0.25) is 0 Å². The third-order valence-electron chi connectivity index (χ3n) is 4.35. The van der Waals surface area contributed by atoms with Crippen LogP contribution in [-0.2, 0) is 28.5 Å². The Morgan fingerprint density at radius 3 is 2.20 bits per heavy atom. The number of carbonyl (C=O) groups is 1. The minimum absolute atomic E-state index is 0.442. The minimum atomic E-state index is -0.967. The molecule has 3 aliphatic heterocycles. The molecule has 5 atom stereocenters. The highest BCUT2D eigenvalue weighted by Gasteiger charge is 2.62. The lowest BCUT2D eigenvalue weighted by Crippen LogP contribution is -2.58. The van der Waals surface area contributed by atoms with Gasteiger partial charge in [-0.3, -0.25) is 0 Å². The van der Waals surface area contributed by atoms with E-state index >= 15 is 0 Å². The molecule has 3 heterocycles. The van der Waals surface area contributed by atoms with Crippen LogP contribution < -0.4 is 4.74 Å². The van der Waals surface area contributed by atoms with Gasteiger partial charge in [-0.2, -0.15) is 0 Å². The van der Waals surface area contributed by atoms with Crippen molar-refractivity contribution in [3.8, 4) is 5.75 Å². The number of fused-ring (bicyclic) bond motifs is 3. The summed E-state index contributed by atoms with van der Waals surface area (Å²) in [6.45, 7) is 7.17. The quantitative estimate of drug-likeness (QED) is 0.596. The summed E-state index contributed by atoms with van der Waals surface area (Å²) in [4.78, 5) is 12.7. The molecular weight excluding hydrogens is 328 g/mol. The van der Waals surface area contributed by atoms with Gasteiger partial charge in [-0.15, -0.1) is 0 Å². The molecule has 0 bridgehead atoms. The molecule has 1 aromatic rings. The zero-order valence-corrected chi connectivity index (χ0v) is 14.6. The predicted molar refractivity (Wildman–Crippen MR) is 84.6 cm³/mol. The third kappa shape index (κ3) is 3.18. The molecule has 3 saturated heterocycles. The number of benzene rings is 1. The SMILES string of the molecule is CC1(C)O[C@H]2[C@@H](O1)[C@H](C(=O)Oc1ccccc1)O[C@@H]1OC(C)(C)O[C@@H]12. The Bertz CT molecular complexity index is 657. The first-order valence-electron chi connectivity index (χ1n) is 8.38. The summed E-state index contributed by atoms with van der Waals surface area (Å²) in [6, 6.07) is 8.83. The molecule has 0 unspecified atom stereocenters. The number of esters is 1. The Kier molecular flexibility index (Phi) is 3.90. The van der Waals surface area contributed by atoms with Gasteiger partial charge >= 0.3 is 5.97 Å². The van der Waals surface area contributed by atoms with Crippen molar-refractivity contribution in [2.24, 2.45) is 0 Å². The number of hydrogen-bond donors (Lipinski definition) is 0. The first kappa shape index (κ1) is 16.9. The Morgan fingerprint density at radius 2 is 1.48 bits per heavy atom. The van der Waals surface area contributed by atoms with Crippen LogP contribution in [0.25, 0.3) is 0 Å². The fourth-order valence-corrected chi connectivity index (χ4v) is 3.46. The van der Waals surface area contributed by atoms with Crippen LogP contribution in [0.2, 0.25) is 0 Å². The Morgan fingerprint density at radius 1 is 0.880 bits per heavy atom. The monoisotopic (exact) mass is 350 g/mol. The molecule has 0 spiro atoms. The van der Waals surface area contributed by atoms with Crippen molar-refractivity contribution in [2.75, 3.05) is 0 Å². The van der Waals surface area contributed by atoms with E-state index in [9.17, 15) is 4.79 Å². The van der Waals surface area contributed by atoms with Crippen LogP contribution in [0.5, 0.6) is 5.75 Å². The molecule has 0 radical (unpaired) electrons. The van der Waals surface area contributed by atoms with Crippen molar-refractivity contribution in [3.63, 3.8) is 0 Å². The summed E-state index contributed by atoms with van der Waals surface area (Å²) in [6.07, 6.45) is -3.27. The Hall–Kier alpha value is -1.51. The first-order valence-corrected chi connectivity index (χ1v) is 8.38. The Labute approximate surface area is 146 Å². The van der Waals surface area contributed by atoms with Gasteiger partial charge in [0, 0.05) is 0 Å². The van der Waals surface area contributed by atoms with Crippen LogP contribution in [0, 0.1) is 0 Å². The Balaban J connectivity index is 1.58. The summed E-state index contributed by atoms with van der Waals surface area (Å²) in [5.41, 5.74) is 0. The standard InChI is InChI=1S/C18H22O7/c1-17(2)22-11-12(23-17)14-16(25-18(3,4)24-14)21-13(11)15(19)20-10-8-6-5-7-9-10/h5-9,11-14,16H,1-4H3/t11-,12+,13-,14-,16-/m1/s1. The number of rotatable bonds is 2. The maximum Gasteiger partial charge on any atom is 0.343 e. The second-order valence-electron chi connectivity index (χ2n) is 7.32. The van der Waals surface area contributed by atoms with Gasteiger partial charge in [0.15, 0.2) is 24.0 Å². The molecule has 3 aliphatic rings. The summed E-state index contributed by atoms with van der Waals surface area (Å²) < 4.78 is 34.9. The van der Waals surface area contributed by atoms with E-state index in [0.29, 0.717) is 5.75 Å². The lowest BCUT2D eigenvalue weighted by atomic mass is 9.99. The average molecular weight is 350 g/mol. The maximum atomic E-state index is 12.7. The smallest absolute Gasteiger partial charge is 0.343 e. The van der Waals surface area contributed by atoms with Crippen LogP contribution in [0.15, 0.2) is 30.3 Å². The normalized spacial score (nSPS) is 38.0. The van der Waals surface area contributed by atoms with Crippen molar-refractivity contribution in [1.82, 2.24) is 0 Å². The fraction of sp³-hybridized carbons (Fsp3) is 0.611. The van der Waals surface area contributed by atoms with Gasteiger partial charge in [-0.05, 0) is 39.8 Å². The van der Waals surface area contributed by atoms with E-state index in [1.165, 1.54) is 0 Å². The van der Waals surface area contributed by atoms with Crippen LogP contribution >= 0.6 is 0 Å². The van der Waals surface area contributed by atoms with E-state index in [2.05, 4.69) is 0 Å². The van der Waals surface area contributed by atoms with Crippen LogP contribution in [0.3, 0.4) is 0 Å². The number of ether oxygens (including phenoxy) is 6. The minimum Gasteiger partial charge on any atom is -0.425 e. The van der Waals surface area contributed by atoms with Gasteiger partial charge in [-0.1, -0.05) is 18.2 Å². The zero-order chi connectivity index (χ0) is 17.8. The lowest BCUT2D eigenvalue weighted by Gasteiger charge is -2.35. The largest absolute Gasteiger partial charge is 0.425 e. The molecule has 0 aromatic heterocycles. The molecule has 0 amide bonds.